The number of nitrogens with two attached hydrogens (primary N) is 2. The molecule has 2 aliphatic heterocycles. The average Bonchev–Trinajstić information content (AvgIpc) is 3.04. The molecule has 2 amide bonds. The summed E-state index contributed by atoms with van der Waals surface area (Å²) < 4.78 is 5.18. The van der Waals surface area contributed by atoms with E-state index in [9.17, 15) is 29.8 Å². The third kappa shape index (κ3) is 3.28. The first-order valence-corrected chi connectivity index (χ1v) is 9.28. The van der Waals surface area contributed by atoms with Gasteiger partial charge in [0.1, 0.15) is 6.04 Å². The molecule has 160 valence electrons. The Bertz CT molecular complexity index is 1070. The fraction of sp³-hybridized carbons (Fsp3) is 0.300. The minimum Gasteiger partial charge on any atom is -0.465 e. The van der Waals surface area contributed by atoms with Crippen molar-refractivity contribution in [2.75, 3.05) is 6.61 Å². The Morgan fingerprint density at radius 1 is 1.35 bits per heavy atom. The van der Waals surface area contributed by atoms with Gasteiger partial charge in [0.15, 0.2) is 5.41 Å². The molecule has 0 aromatic heterocycles. The molecular weight excluding hydrogens is 406 g/mol. The Morgan fingerprint density at radius 2 is 2.06 bits per heavy atom. The van der Waals surface area contributed by atoms with Crippen LogP contribution < -0.4 is 11.5 Å². The lowest BCUT2D eigenvalue weighted by Gasteiger charge is -2.32. The summed E-state index contributed by atoms with van der Waals surface area (Å²) in [4.78, 5) is 49.3. The Labute approximate surface area is 176 Å². The van der Waals surface area contributed by atoms with Crippen LogP contribution in [0.25, 0.3) is 0 Å². The number of non-ortho nitro benzene ring substituents is 1. The molecule has 31 heavy (non-hydrogen) atoms. The van der Waals surface area contributed by atoms with E-state index in [4.69, 9.17) is 16.2 Å². The number of fused-ring (bicyclic) bond motifs is 1. The lowest BCUT2D eigenvalue weighted by atomic mass is 9.68. The van der Waals surface area contributed by atoms with E-state index in [1.165, 1.54) is 47.5 Å². The quantitative estimate of drug-likeness (QED) is 0.368. The average molecular weight is 425 g/mol. The van der Waals surface area contributed by atoms with Crippen molar-refractivity contribution in [2.45, 2.75) is 24.9 Å². The van der Waals surface area contributed by atoms with Gasteiger partial charge in [-0.1, -0.05) is 18.2 Å². The Hall–Kier alpha value is -4.20. The molecule has 11 heteroatoms. The first-order valence-electron chi connectivity index (χ1n) is 9.28. The number of carbonyl (C=O) groups is 3. The maximum atomic E-state index is 13.1. The monoisotopic (exact) mass is 425 g/mol. The number of hydrogen-bond donors (Lipinski definition) is 2. The summed E-state index contributed by atoms with van der Waals surface area (Å²) in [6, 6.07) is 4.98. The zero-order chi connectivity index (χ0) is 22.9. The second kappa shape index (κ2) is 7.91. The van der Waals surface area contributed by atoms with Gasteiger partial charge in [0, 0.05) is 24.3 Å². The van der Waals surface area contributed by atoms with Gasteiger partial charge in [-0.15, -0.1) is 0 Å². The molecule has 11 nitrogen and oxygen atoms in total. The molecule has 0 aliphatic carbocycles. The number of nitro groups is 1. The molecule has 1 saturated heterocycles. The van der Waals surface area contributed by atoms with Crippen LogP contribution in [0.1, 0.15) is 18.4 Å². The standard InChI is InChI=1S/C20H19N5O6/c1-2-31-19(28)20(10-21)14-7-6-12(17(22)26)9-24(14)16(18(23)27)15(20)11-4-3-5-13(8-11)25(29)30/h3-9,14-16H,2H2,1H3,(H2,22,26)(H2,23,27)/t14-,15-,16+,20-/m0/s1. The maximum Gasteiger partial charge on any atom is 0.329 e. The van der Waals surface area contributed by atoms with Crippen molar-refractivity contribution >= 4 is 23.5 Å². The summed E-state index contributed by atoms with van der Waals surface area (Å²) in [7, 11) is 0. The highest BCUT2D eigenvalue weighted by Crippen LogP contribution is 2.54. The molecule has 0 bridgehead atoms. The van der Waals surface area contributed by atoms with E-state index < -0.39 is 46.1 Å². The van der Waals surface area contributed by atoms with Crippen LogP contribution in [-0.4, -0.2) is 46.3 Å². The highest BCUT2D eigenvalue weighted by molar-refractivity contribution is 5.96. The van der Waals surface area contributed by atoms with Gasteiger partial charge in [0.25, 0.3) is 5.69 Å². The van der Waals surface area contributed by atoms with Gasteiger partial charge in [-0.05, 0) is 18.6 Å². The summed E-state index contributed by atoms with van der Waals surface area (Å²) in [5.74, 6) is -3.80. The Morgan fingerprint density at radius 3 is 2.61 bits per heavy atom. The molecule has 0 saturated carbocycles. The molecular formula is C20H19N5O6. The van der Waals surface area contributed by atoms with E-state index in [-0.39, 0.29) is 23.4 Å². The number of nitrogens with zero attached hydrogens (tertiary/aromatic N) is 3. The fourth-order valence-corrected chi connectivity index (χ4v) is 4.24. The van der Waals surface area contributed by atoms with Crippen LogP contribution in [0.15, 0.2) is 48.2 Å². The molecule has 2 heterocycles. The predicted octanol–water partition coefficient (Wildman–Crippen LogP) is 0.229. The van der Waals surface area contributed by atoms with E-state index in [0.29, 0.717) is 0 Å². The van der Waals surface area contributed by atoms with Gasteiger partial charge >= 0.3 is 5.97 Å². The number of nitro benzene ring substituents is 1. The fourth-order valence-electron chi connectivity index (χ4n) is 4.24. The number of esters is 1. The molecule has 0 radical (unpaired) electrons. The first kappa shape index (κ1) is 21.5. The molecule has 1 aromatic rings. The molecule has 4 N–H and O–H groups in total. The van der Waals surface area contributed by atoms with Crippen LogP contribution in [0.3, 0.4) is 0 Å². The van der Waals surface area contributed by atoms with Crippen molar-refractivity contribution in [1.82, 2.24) is 4.90 Å². The van der Waals surface area contributed by atoms with Crippen molar-refractivity contribution in [3.05, 3.63) is 63.9 Å². The van der Waals surface area contributed by atoms with Gasteiger partial charge < -0.3 is 21.1 Å². The zero-order valence-electron chi connectivity index (χ0n) is 16.4. The van der Waals surface area contributed by atoms with E-state index in [1.54, 1.807) is 6.92 Å². The van der Waals surface area contributed by atoms with Gasteiger partial charge in [-0.25, -0.2) is 0 Å². The largest absolute Gasteiger partial charge is 0.465 e. The number of primary amides is 2. The van der Waals surface area contributed by atoms with Crippen molar-refractivity contribution in [3.63, 3.8) is 0 Å². The number of benzene rings is 1. The normalized spacial score (nSPS) is 26.4. The summed E-state index contributed by atoms with van der Waals surface area (Å²) in [6.45, 7) is 1.52. The molecule has 1 fully saturated rings. The molecule has 2 aliphatic rings. The molecule has 1 aromatic carbocycles. The second-order valence-electron chi connectivity index (χ2n) is 7.08. The van der Waals surface area contributed by atoms with Gasteiger partial charge in [0.2, 0.25) is 11.8 Å². The SMILES string of the molecule is CCOC(=O)[C@@]1(C#N)[C@@H]2C=CC(C(N)=O)=CN2[C@@H](C(N)=O)[C@@H]1c1cccc([N+](=O)[O-])c1. The predicted molar refractivity (Wildman–Crippen MR) is 106 cm³/mol. The number of carbonyl (C=O) groups excluding carboxylic acids is 3. The molecule has 3 rings (SSSR count). The number of hydrogen-bond acceptors (Lipinski definition) is 8. The number of nitriles is 1. The lowest BCUT2D eigenvalue weighted by Crippen LogP contribution is -2.45. The van der Waals surface area contributed by atoms with E-state index in [0.717, 1.165) is 0 Å². The smallest absolute Gasteiger partial charge is 0.329 e. The number of rotatable bonds is 6. The lowest BCUT2D eigenvalue weighted by molar-refractivity contribution is -0.384. The number of amides is 2. The third-order valence-electron chi connectivity index (χ3n) is 5.48. The van der Waals surface area contributed by atoms with Crippen molar-refractivity contribution in [2.24, 2.45) is 16.9 Å². The van der Waals surface area contributed by atoms with Crippen LogP contribution in [-0.2, 0) is 19.1 Å². The highest BCUT2D eigenvalue weighted by Gasteiger charge is 2.66. The third-order valence-corrected chi connectivity index (χ3v) is 5.48. The van der Waals surface area contributed by atoms with Crippen LogP contribution in [0.2, 0.25) is 0 Å². The summed E-state index contributed by atoms with van der Waals surface area (Å²) >= 11 is 0. The maximum absolute atomic E-state index is 13.1. The molecule has 0 unspecified atom stereocenters. The minimum absolute atomic E-state index is 0.0377. The van der Waals surface area contributed by atoms with Crippen LogP contribution >= 0.6 is 0 Å². The van der Waals surface area contributed by atoms with E-state index >= 15 is 0 Å². The van der Waals surface area contributed by atoms with E-state index in [2.05, 4.69) is 0 Å². The number of ether oxygens (including phenoxy) is 1. The highest BCUT2D eigenvalue weighted by atomic mass is 16.6. The second-order valence-corrected chi connectivity index (χ2v) is 7.08. The Balaban J connectivity index is 2.31. The zero-order valence-corrected chi connectivity index (χ0v) is 16.4. The topological polar surface area (TPSA) is 183 Å². The van der Waals surface area contributed by atoms with Crippen LogP contribution in [0.4, 0.5) is 5.69 Å². The van der Waals surface area contributed by atoms with Gasteiger partial charge in [-0.2, -0.15) is 5.26 Å². The van der Waals surface area contributed by atoms with Crippen LogP contribution in [0, 0.1) is 26.9 Å². The summed E-state index contributed by atoms with van der Waals surface area (Å²) in [6.07, 6.45) is 4.03. The minimum atomic E-state index is -1.97. The van der Waals surface area contributed by atoms with E-state index in [1.807, 2.05) is 6.07 Å². The first-order chi connectivity index (χ1) is 14.7. The van der Waals surface area contributed by atoms with Crippen LogP contribution in [0.5, 0.6) is 0 Å². The molecule has 4 atom stereocenters. The summed E-state index contributed by atoms with van der Waals surface area (Å²) in [5.41, 5.74) is 8.97. The van der Waals surface area contributed by atoms with Crippen molar-refractivity contribution in [3.8, 4) is 6.07 Å². The molecule has 0 spiro atoms. The Kier molecular flexibility index (Phi) is 5.49. The summed E-state index contributed by atoms with van der Waals surface area (Å²) in [5, 5.41) is 21.5. The van der Waals surface area contributed by atoms with Gasteiger partial charge in [0.05, 0.1) is 29.2 Å². The van der Waals surface area contributed by atoms with Crippen molar-refractivity contribution in [1.29, 1.82) is 5.26 Å². The van der Waals surface area contributed by atoms with Crippen molar-refractivity contribution < 1.29 is 24.0 Å². The van der Waals surface area contributed by atoms with Gasteiger partial charge in [-0.3, -0.25) is 24.5 Å².